The zero-order valence-electron chi connectivity index (χ0n) is 14.6. The van der Waals surface area contributed by atoms with Crippen LogP contribution in [-0.2, 0) is 6.42 Å². The number of guanidine groups is 1. The molecule has 0 fully saturated rings. The van der Waals surface area contributed by atoms with Crippen LogP contribution in [0.15, 0.2) is 42.0 Å². The van der Waals surface area contributed by atoms with Crippen LogP contribution in [0.4, 0.5) is 4.39 Å². The molecule has 0 spiro atoms. The van der Waals surface area contributed by atoms with Gasteiger partial charge in [0.2, 0.25) is 0 Å². The van der Waals surface area contributed by atoms with E-state index in [0.29, 0.717) is 6.54 Å². The number of nitrogens with one attached hydrogen (secondary N) is 2. The average Bonchev–Trinajstić information content (AvgIpc) is 2.96. The first-order chi connectivity index (χ1) is 11.7. The van der Waals surface area contributed by atoms with Gasteiger partial charge in [0.25, 0.3) is 0 Å². The second kappa shape index (κ2) is 9.11. The van der Waals surface area contributed by atoms with E-state index in [1.165, 1.54) is 17.7 Å². The van der Waals surface area contributed by atoms with Crippen molar-refractivity contribution in [1.82, 2.24) is 15.2 Å². The smallest absolute Gasteiger partial charge is 0.193 e. The van der Waals surface area contributed by atoms with Crippen LogP contribution in [0.25, 0.3) is 10.9 Å². The van der Waals surface area contributed by atoms with Crippen molar-refractivity contribution in [1.29, 1.82) is 0 Å². The van der Waals surface area contributed by atoms with Gasteiger partial charge in [0.15, 0.2) is 5.96 Å². The van der Waals surface area contributed by atoms with Gasteiger partial charge in [0.05, 0.1) is 0 Å². The van der Waals surface area contributed by atoms with E-state index in [-0.39, 0.29) is 5.82 Å². The molecule has 0 saturated carbocycles. The van der Waals surface area contributed by atoms with Crippen LogP contribution >= 0.6 is 0 Å². The first-order valence-corrected chi connectivity index (χ1v) is 8.51. The van der Waals surface area contributed by atoms with Crippen LogP contribution in [0.1, 0.15) is 25.3 Å². The van der Waals surface area contributed by atoms with E-state index in [4.69, 9.17) is 4.99 Å². The molecule has 0 atom stereocenters. The largest absolute Gasteiger partial charge is 0.361 e. The normalized spacial score (nSPS) is 11.7. The van der Waals surface area contributed by atoms with E-state index >= 15 is 0 Å². The zero-order valence-corrected chi connectivity index (χ0v) is 14.6. The summed E-state index contributed by atoms with van der Waals surface area (Å²) in [6, 6.07) is 4.85. The molecule has 0 aliphatic carbocycles. The highest BCUT2D eigenvalue weighted by atomic mass is 19.1. The van der Waals surface area contributed by atoms with Gasteiger partial charge in [0.1, 0.15) is 5.82 Å². The van der Waals surface area contributed by atoms with Crippen molar-refractivity contribution in [3.05, 3.63) is 48.4 Å². The Morgan fingerprint density at radius 2 is 2.29 bits per heavy atom. The third-order valence-corrected chi connectivity index (χ3v) is 3.97. The van der Waals surface area contributed by atoms with Gasteiger partial charge in [-0.1, -0.05) is 6.08 Å². The molecule has 0 aliphatic heterocycles. The fourth-order valence-corrected chi connectivity index (χ4v) is 2.70. The molecule has 0 bridgehead atoms. The van der Waals surface area contributed by atoms with Crippen molar-refractivity contribution in [2.24, 2.45) is 4.99 Å². The van der Waals surface area contributed by atoms with Gasteiger partial charge in [-0.3, -0.25) is 4.99 Å². The Bertz CT molecular complexity index is 690. The van der Waals surface area contributed by atoms with E-state index in [0.717, 1.165) is 49.2 Å². The predicted octanol–water partition coefficient (Wildman–Crippen LogP) is 3.71. The maximum absolute atomic E-state index is 13.2. The Morgan fingerprint density at radius 3 is 3.04 bits per heavy atom. The third kappa shape index (κ3) is 4.85. The SMILES string of the molecule is C=CCCCN(C)C(=NCCc1c[nH]c2cc(F)ccc12)NCC. The Labute approximate surface area is 143 Å². The summed E-state index contributed by atoms with van der Waals surface area (Å²) in [5.74, 6) is 0.706. The molecule has 1 aromatic carbocycles. The molecule has 5 heteroatoms. The summed E-state index contributed by atoms with van der Waals surface area (Å²) >= 11 is 0. The monoisotopic (exact) mass is 330 g/mol. The van der Waals surface area contributed by atoms with Crippen LogP contribution < -0.4 is 5.32 Å². The van der Waals surface area contributed by atoms with E-state index in [2.05, 4.69) is 35.8 Å². The number of allylic oxidation sites excluding steroid dienone is 1. The molecule has 1 aromatic heterocycles. The predicted molar refractivity (Wildman–Crippen MR) is 100 cm³/mol. The number of nitrogens with zero attached hydrogens (tertiary/aromatic N) is 2. The Kier molecular flexibility index (Phi) is 6.85. The van der Waals surface area contributed by atoms with Crippen molar-refractivity contribution in [2.75, 3.05) is 26.7 Å². The third-order valence-electron chi connectivity index (χ3n) is 3.97. The molecule has 1 heterocycles. The fraction of sp³-hybridized carbons (Fsp3) is 0.421. The number of benzene rings is 1. The van der Waals surface area contributed by atoms with Gasteiger partial charge in [-0.25, -0.2) is 4.39 Å². The molecule has 0 unspecified atom stereocenters. The maximum atomic E-state index is 13.2. The number of aromatic amines is 1. The minimum absolute atomic E-state index is 0.218. The zero-order chi connectivity index (χ0) is 17.4. The molecule has 130 valence electrons. The van der Waals surface area contributed by atoms with Crippen LogP contribution in [0.2, 0.25) is 0 Å². The van der Waals surface area contributed by atoms with Crippen LogP contribution in [-0.4, -0.2) is 42.5 Å². The average molecular weight is 330 g/mol. The van der Waals surface area contributed by atoms with Crippen molar-refractivity contribution in [3.63, 3.8) is 0 Å². The maximum Gasteiger partial charge on any atom is 0.193 e. The quantitative estimate of drug-likeness (QED) is 0.335. The highest BCUT2D eigenvalue weighted by Gasteiger charge is 2.07. The molecular weight excluding hydrogens is 303 g/mol. The number of halogens is 1. The van der Waals surface area contributed by atoms with Crippen molar-refractivity contribution >= 4 is 16.9 Å². The Balaban J connectivity index is 1.98. The van der Waals surface area contributed by atoms with Gasteiger partial charge in [-0.05, 0) is 49.9 Å². The number of aromatic nitrogens is 1. The molecular formula is C19H27FN4. The number of unbranched alkanes of at least 4 members (excludes halogenated alkanes) is 1. The van der Waals surface area contributed by atoms with Gasteiger partial charge in [-0.2, -0.15) is 0 Å². The van der Waals surface area contributed by atoms with Gasteiger partial charge < -0.3 is 15.2 Å². The van der Waals surface area contributed by atoms with E-state index in [1.807, 2.05) is 18.3 Å². The lowest BCUT2D eigenvalue weighted by molar-refractivity contribution is 0.470. The van der Waals surface area contributed by atoms with Gasteiger partial charge in [-0.15, -0.1) is 6.58 Å². The summed E-state index contributed by atoms with van der Waals surface area (Å²) in [7, 11) is 2.05. The Morgan fingerprint density at radius 1 is 1.46 bits per heavy atom. The van der Waals surface area contributed by atoms with Gasteiger partial charge in [0, 0.05) is 43.8 Å². The second-order valence-corrected chi connectivity index (χ2v) is 5.84. The highest BCUT2D eigenvalue weighted by Crippen LogP contribution is 2.19. The molecule has 2 aromatic rings. The molecule has 0 radical (unpaired) electrons. The summed E-state index contributed by atoms with van der Waals surface area (Å²) in [6.07, 6.45) is 6.78. The van der Waals surface area contributed by atoms with Crippen LogP contribution in [0.5, 0.6) is 0 Å². The summed E-state index contributed by atoms with van der Waals surface area (Å²) in [6.45, 7) is 8.31. The standard InChI is InChI=1S/C19H27FN4/c1-4-6-7-12-24(3)19(21-5-2)22-11-10-15-14-23-18-13-16(20)8-9-17(15)18/h4,8-9,13-14,23H,1,5-7,10-12H2,2-3H3,(H,21,22). The highest BCUT2D eigenvalue weighted by molar-refractivity contribution is 5.83. The minimum atomic E-state index is -0.218. The molecule has 2 N–H and O–H groups in total. The topological polar surface area (TPSA) is 43.4 Å². The fourth-order valence-electron chi connectivity index (χ4n) is 2.70. The first-order valence-electron chi connectivity index (χ1n) is 8.51. The van der Waals surface area contributed by atoms with Crippen molar-refractivity contribution in [3.8, 4) is 0 Å². The number of rotatable bonds is 8. The number of fused-ring (bicyclic) bond motifs is 1. The molecule has 24 heavy (non-hydrogen) atoms. The van der Waals surface area contributed by atoms with E-state index < -0.39 is 0 Å². The van der Waals surface area contributed by atoms with Gasteiger partial charge >= 0.3 is 0 Å². The number of H-pyrrole nitrogens is 1. The van der Waals surface area contributed by atoms with Crippen LogP contribution in [0.3, 0.4) is 0 Å². The summed E-state index contributed by atoms with van der Waals surface area (Å²) in [5.41, 5.74) is 2.00. The molecule has 4 nitrogen and oxygen atoms in total. The lowest BCUT2D eigenvalue weighted by atomic mass is 10.1. The first kappa shape index (κ1) is 18.0. The lowest BCUT2D eigenvalue weighted by Crippen LogP contribution is -2.39. The molecule has 2 rings (SSSR count). The lowest BCUT2D eigenvalue weighted by Gasteiger charge is -2.21. The summed E-state index contributed by atoms with van der Waals surface area (Å²) in [5, 5.41) is 4.39. The second-order valence-electron chi connectivity index (χ2n) is 5.84. The van der Waals surface area contributed by atoms with E-state index in [9.17, 15) is 4.39 Å². The number of hydrogen-bond donors (Lipinski definition) is 2. The summed E-state index contributed by atoms with van der Waals surface area (Å²) in [4.78, 5) is 9.98. The van der Waals surface area contributed by atoms with Crippen molar-refractivity contribution in [2.45, 2.75) is 26.2 Å². The Hall–Kier alpha value is -2.30. The van der Waals surface area contributed by atoms with E-state index in [1.54, 1.807) is 0 Å². The number of aliphatic imine (C=N–C) groups is 1. The summed E-state index contributed by atoms with van der Waals surface area (Å²) < 4.78 is 13.2. The van der Waals surface area contributed by atoms with Crippen molar-refractivity contribution < 1.29 is 4.39 Å². The number of hydrogen-bond acceptors (Lipinski definition) is 1. The minimum Gasteiger partial charge on any atom is -0.361 e. The molecule has 0 saturated heterocycles. The molecule has 0 aliphatic rings. The van der Waals surface area contributed by atoms with Crippen LogP contribution in [0, 0.1) is 5.82 Å². The molecule has 0 amide bonds.